The molecule has 2 aromatic rings. The van der Waals surface area contributed by atoms with Crippen molar-refractivity contribution in [3.63, 3.8) is 0 Å². The van der Waals surface area contributed by atoms with Crippen LogP contribution in [0.25, 0.3) is 0 Å². The smallest absolute Gasteiger partial charge is 0.496 e. The maximum Gasteiger partial charge on any atom is 0.573 e. The lowest BCUT2D eigenvalue weighted by Gasteiger charge is -2.37. The standard InChI is InChI=1S/C21H25F3N2O3/c1-28-19-8-7-17(29-21(22,23)24)10-16(19)12-25-18-9-14(13-27)11-26-20(18)15-5-3-2-4-6-15/h2-8,10,14,18,20,25-27H,9,11-13H2,1H3/t14-,18-,20-/m0/s1. The van der Waals surface area contributed by atoms with Gasteiger partial charge in [-0.15, -0.1) is 13.2 Å². The minimum Gasteiger partial charge on any atom is -0.496 e. The van der Waals surface area contributed by atoms with Crippen LogP contribution in [0.1, 0.15) is 23.6 Å². The molecule has 0 bridgehead atoms. The lowest BCUT2D eigenvalue weighted by Crippen LogP contribution is -2.49. The Morgan fingerprint density at radius 1 is 1.17 bits per heavy atom. The Morgan fingerprint density at radius 2 is 1.93 bits per heavy atom. The highest BCUT2D eigenvalue weighted by atomic mass is 19.4. The first-order valence-electron chi connectivity index (χ1n) is 9.45. The third-order valence-corrected chi connectivity index (χ3v) is 5.07. The van der Waals surface area contributed by atoms with E-state index in [2.05, 4.69) is 15.4 Å². The Hall–Kier alpha value is -2.29. The molecule has 3 rings (SSSR count). The van der Waals surface area contributed by atoms with Gasteiger partial charge in [-0.3, -0.25) is 0 Å². The average molecular weight is 410 g/mol. The molecule has 1 heterocycles. The number of benzene rings is 2. The second-order valence-electron chi connectivity index (χ2n) is 7.09. The number of alkyl halides is 3. The van der Waals surface area contributed by atoms with Crippen LogP contribution in [0, 0.1) is 5.92 Å². The third-order valence-electron chi connectivity index (χ3n) is 5.07. The van der Waals surface area contributed by atoms with Crippen LogP contribution in [-0.2, 0) is 6.54 Å². The summed E-state index contributed by atoms with van der Waals surface area (Å²) in [4.78, 5) is 0. The fourth-order valence-electron chi connectivity index (χ4n) is 3.70. The van der Waals surface area contributed by atoms with Gasteiger partial charge in [-0.2, -0.15) is 0 Å². The molecule has 1 aliphatic rings. The fourth-order valence-corrected chi connectivity index (χ4v) is 3.70. The van der Waals surface area contributed by atoms with E-state index in [9.17, 15) is 18.3 Å². The van der Waals surface area contributed by atoms with Crippen molar-refractivity contribution >= 4 is 0 Å². The number of aliphatic hydroxyl groups is 1. The number of aliphatic hydroxyl groups excluding tert-OH is 1. The van der Waals surface area contributed by atoms with Gasteiger partial charge in [0.05, 0.1) is 7.11 Å². The summed E-state index contributed by atoms with van der Waals surface area (Å²) < 4.78 is 47.0. The monoisotopic (exact) mass is 410 g/mol. The van der Waals surface area contributed by atoms with E-state index in [1.807, 2.05) is 30.3 Å². The summed E-state index contributed by atoms with van der Waals surface area (Å²) in [5, 5.41) is 16.5. The predicted molar refractivity (Wildman–Crippen MR) is 103 cm³/mol. The van der Waals surface area contributed by atoms with Crippen molar-refractivity contribution in [2.45, 2.75) is 31.4 Å². The van der Waals surface area contributed by atoms with E-state index in [0.29, 0.717) is 24.4 Å². The summed E-state index contributed by atoms with van der Waals surface area (Å²) in [6.45, 7) is 1.07. The van der Waals surface area contributed by atoms with Crippen molar-refractivity contribution < 1.29 is 27.8 Å². The Balaban J connectivity index is 1.77. The minimum atomic E-state index is -4.75. The summed E-state index contributed by atoms with van der Waals surface area (Å²) in [5.41, 5.74) is 1.68. The van der Waals surface area contributed by atoms with Crippen molar-refractivity contribution in [1.82, 2.24) is 10.6 Å². The van der Waals surface area contributed by atoms with Crippen LogP contribution in [0.15, 0.2) is 48.5 Å². The van der Waals surface area contributed by atoms with Gasteiger partial charge in [0.15, 0.2) is 0 Å². The highest BCUT2D eigenvalue weighted by Crippen LogP contribution is 2.30. The lowest BCUT2D eigenvalue weighted by atomic mass is 9.86. The summed E-state index contributed by atoms with van der Waals surface area (Å²) >= 11 is 0. The topological polar surface area (TPSA) is 62.8 Å². The van der Waals surface area contributed by atoms with Gasteiger partial charge < -0.3 is 25.2 Å². The molecule has 29 heavy (non-hydrogen) atoms. The maximum atomic E-state index is 12.6. The zero-order valence-corrected chi connectivity index (χ0v) is 16.1. The molecule has 0 radical (unpaired) electrons. The van der Waals surface area contributed by atoms with Gasteiger partial charge >= 0.3 is 6.36 Å². The minimum absolute atomic E-state index is 0.0137. The van der Waals surface area contributed by atoms with E-state index in [1.165, 1.54) is 25.3 Å². The molecule has 0 amide bonds. The van der Waals surface area contributed by atoms with Crippen molar-refractivity contribution in [2.24, 2.45) is 5.92 Å². The quantitative estimate of drug-likeness (QED) is 0.653. The van der Waals surface area contributed by atoms with Crippen molar-refractivity contribution in [3.8, 4) is 11.5 Å². The molecule has 3 N–H and O–H groups in total. The van der Waals surface area contributed by atoms with E-state index in [4.69, 9.17) is 4.74 Å². The molecule has 3 atom stereocenters. The van der Waals surface area contributed by atoms with E-state index >= 15 is 0 Å². The number of hydrogen-bond donors (Lipinski definition) is 3. The number of rotatable bonds is 7. The van der Waals surface area contributed by atoms with Crippen molar-refractivity contribution in [1.29, 1.82) is 0 Å². The molecular weight excluding hydrogens is 385 g/mol. The zero-order valence-electron chi connectivity index (χ0n) is 16.1. The molecule has 0 spiro atoms. The normalized spacial score (nSPS) is 22.3. The van der Waals surface area contributed by atoms with Crippen molar-refractivity contribution in [2.75, 3.05) is 20.3 Å². The van der Waals surface area contributed by atoms with Crippen LogP contribution in [0.4, 0.5) is 13.2 Å². The zero-order chi connectivity index (χ0) is 20.9. The largest absolute Gasteiger partial charge is 0.573 e. The molecule has 1 aliphatic heterocycles. The summed E-state index contributed by atoms with van der Waals surface area (Å²) in [6.07, 6.45) is -4.01. The number of ether oxygens (including phenoxy) is 2. The highest BCUT2D eigenvalue weighted by Gasteiger charge is 2.32. The Labute approximate surface area is 167 Å². The van der Waals surface area contributed by atoms with E-state index < -0.39 is 6.36 Å². The molecule has 158 valence electrons. The molecule has 0 aromatic heterocycles. The van der Waals surface area contributed by atoms with Crippen LogP contribution in [0.3, 0.4) is 0 Å². The molecule has 0 unspecified atom stereocenters. The van der Waals surface area contributed by atoms with E-state index in [1.54, 1.807) is 0 Å². The van der Waals surface area contributed by atoms with E-state index in [0.717, 1.165) is 12.0 Å². The van der Waals surface area contributed by atoms with Crippen LogP contribution < -0.4 is 20.1 Å². The SMILES string of the molecule is COc1ccc(OC(F)(F)F)cc1CN[C@H]1C[C@H](CO)CN[C@H]1c1ccccc1. The number of hydrogen-bond acceptors (Lipinski definition) is 5. The van der Waals surface area contributed by atoms with Crippen LogP contribution >= 0.6 is 0 Å². The van der Waals surface area contributed by atoms with Gasteiger partial charge in [-0.1, -0.05) is 30.3 Å². The lowest BCUT2D eigenvalue weighted by molar-refractivity contribution is -0.274. The predicted octanol–water partition coefficient (Wildman–Crippen LogP) is 3.40. The number of nitrogens with one attached hydrogen (secondary N) is 2. The number of methoxy groups -OCH3 is 1. The van der Waals surface area contributed by atoms with Gasteiger partial charge in [-0.25, -0.2) is 0 Å². The first-order chi connectivity index (χ1) is 13.9. The number of piperidine rings is 1. The van der Waals surface area contributed by atoms with Crippen LogP contribution in [-0.4, -0.2) is 37.8 Å². The molecule has 5 nitrogen and oxygen atoms in total. The van der Waals surface area contributed by atoms with Crippen LogP contribution in [0.2, 0.25) is 0 Å². The Morgan fingerprint density at radius 3 is 2.59 bits per heavy atom. The first kappa shape index (κ1) is 21.4. The van der Waals surface area contributed by atoms with Gasteiger partial charge in [0.1, 0.15) is 11.5 Å². The molecule has 1 fully saturated rings. The summed E-state index contributed by atoms with van der Waals surface area (Å²) in [7, 11) is 1.47. The molecule has 0 aliphatic carbocycles. The Kier molecular flexibility index (Phi) is 7.00. The second kappa shape index (κ2) is 9.47. The molecule has 2 aromatic carbocycles. The van der Waals surface area contributed by atoms with Gasteiger partial charge in [-0.05, 0) is 36.1 Å². The Bertz CT molecular complexity index is 786. The summed E-state index contributed by atoms with van der Waals surface area (Å²) in [5.74, 6) is 0.296. The second-order valence-corrected chi connectivity index (χ2v) is 7.09. The maximum absolute atomic E-state index is 12.6. The molecule has 1 saturated heterocycles. The van der Waals surface area contributed by atoms with Gasteiger partial charge in [0.2, 0.25) is 0 Å². The average Bonchev–Trinajstić information content (AvgIpc) is 2.71. The van der Waals surface area contributed by atoms with Gasteiger partial charge in [0.25, 0.3) is 0 Å². The van der Waals surface area contributed by atoms with E-state index in [-0.39, 0.29) is 30.4 Å². The first-order valence-corrected chi connectivity index (χ1v) is 9.45. The summed E-state index contributed by atoms with van der Waals surface area (Å²) in [6, 6.07) is 14.0. The number of halogens is 3. The third kappa shape index (κ3) is 5.85. The van der Waals surface area contributed by atoms with Crippen molar-refractivity contribution in [3.05, 3.63) is 59.7 Å². The van der Waals surface area contributed by atoms with Crippen LogP contribution in [0.5, 0.6) is 11.5 Å². The fraction of sp³-hybridized carbons (Fsp3) is 0.429. The van der Waals surface area contributed by atoms with Gasteiger partial charge in [0, 0.05) is 37.3 Å². The molecular formula is C21H25F3N2O3. The highest BCUT2D eigenvalue weighted by molar-refractivity contribution is 5.40. The molecule has 0 saturated carbocycles. The molecule has 8 heteroatoms.